The molecule has 24 heavy (non-hydrogen) atoms. The molecule has 7 heteroatoms. The number of nitrogens with zero attached hydrogens (tertiary/aromatic N) is 4. The number of rotatable bonds is 6. The van der Waals surface area contributed by atoms with E-state index in [1.165, 1.54) is 0 Å². The van der Waals surface area contributed by atoms with Crippen molar-refractivity contribution < 1.29 is 0 Å². The lowest BCUT2D eigenvalue weighted by Crippen LogP contribution is -2.50. The van der Waals surface area contributed by atoms with Gasteiger partial charge in [-0.3, -0.25) is 9.59 Å². The van der Waals surface area contributed by atoms with Gasteiger partial charge in [-0.15, -0.1) is 0 Å². The van der Waals surface area contributed by atoms with Crippen molar-refractivity contribution in [1.82, 2.24) is 14.7 Å². The van der Waals surface area contributed by atoms with E-state index >= 15 is 0 Å². The average Bonchev–Trinajstić information content (AvgIpc) is 2.60. The van der Waals surface area contributed by atoms with Crippen molar-refractivity contribution in [1.29, 1.82) is 0 Å². The number of likely N-dealkylation sites (N-methyl/N-ethyl adjacent to an activating group) is 2. The molecule has 1 aromatic carbocycles. The largest absolute Gasteiger partial charge is 0.380 e. The summed E-state index contributed by atoms with van der Waals surface area (Å²) < 4.78 is 0. The van der Waals surface area contributed by atoms with Crippen molar-refractivity contribution >= 4 is 11.4 Å². The summed E-state index contributed by atoms with van der Waals surface area (Å²) in [6, 6.07) is 0. The van der Waals surface area contributed by atoms with E-state index in [2.05, 4.69) is 39.0 Å². The number of hydrogen-bond donors (Lipinski definition) is 1. The molecular formula is C17H29N5O2. The molecule has 134 valence electrons. The van der Waals surface area contributed by atoms with E-state index in [9.17, 15) is 9.59 Å². The fourth-order valence-electron chi connectivity index (χ4n) is 3.46. The topological polar surface area (TPSA) is 59.1 Å². The van der Waals surface area contributed by atoms with Gasteiger partial charge in [0, 0.05) is 58.9 Å². The highest BCUT2D eigenvalue weighted by Crippen LogP contribution is 2.21. The van der Waals surface area contributed by atoms with E-state index in [-0.39, 0.29) is 10.9 Å². The van der Waals surface area contributed by atoms with E-state index in [1.54, 1.807) is 0 Å². The molecule has 2 fully saturated rings. The van der Waals surface area contributed by atoms with Gasteiger partial charge >= 0.3 is 0 Å². The first-order chi connectivity index (χ1) is 11.6. The molecule has 3 rings (SSSR count). The van der Waals surface area contributed by atoms with Gasteiger partial charge in [0.2, 0.25) is 0 Å². The molecule has 0 spiro atoms. The predicted octanol–water partition coefficient (Wildman–Crippen LogP) is -0.916. The van der Waals surface area contributed by atoms with Crippen LogP contribution in [0.4, 0.5) is 11.4 Å². The minimum atomic E-state index is -0.344. The fourth-order valence-corrected chi connectivity index (χ4v) is 3.46. The second-order valence-corrected chi connectivity index (χ2v) is 7.10. The quantitative estimate of drug-likeness (QED) is 0.533. The smallest absolute Gasteiger partial charge is 0.253 e. The van der Waals surface area contributed by atoms with Gasteiger partial charge in [0.1, 0.15) is 11.4 Å². The highest BCUT2D eigenvalue weighted by molar-refractivity contribution is 5.75. The number of anilines is 2. The predicted molar refractivity (Wildman–Crippen MR) is 98.1 cm³/mol. The summed E-state index contributed by atoms with van der Waals surface area (Å²) in [5.74, 6) is 0. The van der Waals surface area contributed by atoms with E-state index in [0.717, 1.165) is 71.9 Å². The van der Waals surface area contributed by atoms with Crippen molar-refractivity contribution in [2.45, 2.75) is 6.42 Å². The van der Waals surface area contributed by atoms with Crippen LogP contribution in [0.15, 0.2) is 9.59 Å². The second-order valence-electron chi connectivity index (χ2n) is 7.10. The van der Waals surface area contributed by atoms with Gasteiger partial charge in [0.15, 0.2) is 0 Å². The number of nitrogens with one attached hydrogen (secondary N) is 1. The van der Waals surface area contributed by atoms with Crippen LogP contribution in [-0.4, -0.2) is 94.2 Å². The Morgan fingerprint density at radius 2 is 1.42 bits per heavy atom. The summed E-state index contributed by atoms with van der Waals surface area (Å²) in [6.07, 6.45) is 0.991. The molecule has 1 N–H and O–H groups in total. The molecule has 7 nitrogen and oxygen atoms in total. The Balaban J connectivity index is 1.47. The molecule has 0 saturated carbocycles. The van der Waals surface area contributed by atoms with Gasteiger partial charge in [0.05, 0.1) is 0 Å². The van der Waals surface area contributed by atoms with Crippen LogP contribution >= 0.6 is 0 Å². The summed E-state index contributed by atoms with van der Waals surface area (Å²) >= 11 is 0. The zero-order chi connectivity index (χ0) is 17.1. The molecule has 0 atom stereocenters. The van der Waals surface area contributed by atoms with Gasteiger partial charge < -0.3 is 24.9 Å². The van der Waals surface area contributed by atoms with Gasteiger partial charge in [0.25, 0.3) is 10.9 Å². The monoisotopic (exact) mass is 335 g/mol. The number of hydrogen-bond acceptors (Lipinski definition) is 7. The summed E-state index contributed by atoms with van der Waals surface area (Å²) in [6.45, 7) is 9.76. The zero-order valence-corrected chi connectivity index (χ0v) is 14.9. The van der Waals surface area contributed by atoms with Crippen molar-refractivity contribution in [3.05, 3.63) is 20.4 Å². The summed E-state index contributed by atoms with van der Waals surface area (Å²) in [5.41, 5.74) is 0.500. The van der Waals surface area contributed by atoms with Gasteiger partial charge in [-0.05, 0) is 27.1 Å². The Morgan fingerprint density at radius 3 is 2.04 bits per heavy atom. The Kier molecular flexibility index (Phi) is 5.53. The van der Waals surface area contributed by atoms with E-state index in [0.29, 0.717) is 11.4 Å². The van der Waals surface area contributed by atoms with Crippen molar-refractivity contribution in [3.8, 4) is 0 Å². The average molecular weight is 335 g/mol. The Bertz CT molecular complexity index is 609. The Hall–Kier alpha value is -1.44. The molecule has 0 amide bonds. The fraction of sp³-hybridized carbons (Fsp3) is 0.765. The Morgan fingerprint density at radius 1 is 0.833 bits per heavy atom. The molecule has 0 aromatic heterocycles. The summed E-state index contributed by atoms with van der Waals surface area (Å²) in [4.78, 5) is 33.0. The van der Waals surface area contributed by atoms with Crippen LogP contribution in [0, 0.1) is 0 Å². The van der Waals surface area contributed by atoms with Crippen LogP contribution in [0.2, 0.25) is 0 Å². The van der Waals surface area contributed by atoms with Crippen molar-refractivity contribution in [2.24, 2.45) is 0 Å². The van der Waals surface area contributed by atoms with Crippen LogP contribution in [0.1, 0.15) is 6.42 Å². The molecule has 1 aromatic rings. The first-order valence-corrected chi connectivity index (χ1v) is 8.98. The standard InChI is InChI=1S/C17H29N5O2/c1-19-6-10-21(11-7-19)5-3-4-18-14-15(17(24)16(14)23)22-12-8-20(2)9-13-22/h18H,3-13H2,1-2H3. The minimum Gasteiger partial charge on any atom is -0.380 e. The lowest BCUT2D eigenvalue weighted by atomic mass is 10.1. The van der Waals surface area contributed by atoms with Crippen LogP contribution in [0.5, 0.6) is 0 Å². The summed E-state index contributed by atoms with van der Waals surface area (Å²) in [7, 11) is 4.24. The molecule has 0 aliphatic carbocycles. The maximum absolute atomic E-state index is 11.9. The van der Waals surface area contributed by atoms with Gasteiger partial charge in [-0.25, -0.2) is 0 Å². The minimum absolute atomic E-state index is 0.318. The molecule has 2 aliphatic heterocycles. The van der Waals surface area contributed by atoms with E-state index in [4.69, 9.17) is 0 Å². The van der Waals surface area contributed by atoms with Crippen molar-refractivity contribution in [3.63, 3.8) is 0 Å². The first-order valence-electron chi connectivity index (χ1n) is 8.98. The molecule has 2 heterocycles. The third kappa shape index (κ3) is 3.79. The highest BCUT2D eigenvalue weighted by atomic mass is 16.2. The molecule has 0 unspecified atom stereocenters. The zero-order valence-electron chi connectivity index (χ0n) is 14.9. The van der Waals surface area contributed by atoms with Gasteiger partial charge in [-0.1, -0.05) is 0 Å². The summed E-state index contributed by atoms with van der Waals surface area (Å²) in [5, 5.41) is 3.22. The second kappa shape index (κ2) is 7.63. The van der Waals surface area contributed by atoms with E-state index < -0.39 is 0 Å². The SMILES string of the molecule is CN1CCN(CCCNc2c(N3CCN(C)CC3)c(=O)c2=O)CC1. The molecule has 0 radical (unpaired) electrons. The van der Waals surface area contributed by atoms with E-state index in [1.807, 2.05) is 0 Å². The van der Waals surface area contributed by atoms with Crippen LogP contribution in [0.3, 0.4) is 0 Å². The Labute approximate surface area is 143 Å². The third-order valence-electron chi connectivity index (χ3n) is 5.25. The first kappa shape index (κ1) is 17.4. The lowest BCUT2D eigenvalue weighted by Gasteiger charge is -2.35. The third-order valence-corrected chi connectivity index (χ3v) is 5.25. The van der Waals surface area contributed by atoms with Crippen LogP contribution in [0.25, 0.3) is 0 Å². The highest BCUT2D eigenvalue weighted by Gasteiger charge is 2.27. The normalized spacial score (nSPS) is 21.5. The van der Waals surface area contributed by atoms with Crippen molar-refractivity contribution in [2.75, 3.05) is 89.8 Å². The molecular weight excluding hydrogens is 306 g/mol. The molecule has 0 bridgehead atoms. The van der Waals surface area contributed by atoms with Crippen LogP contribution in [-0.2, 0) is 0 Å². The lowest BCUT2D eigenvalue weighted by molar-refractivity contribution is 0.154. The maximum atomic E-state index is 11.9. The van der Waals surface area contributed by atoms with Gasteiger partial charge in [-0.2, -0.15) is 0 Å². The maximum Gasteiger partial charge on any atom is 0.253 e. The van der Waals surface area contributed by atoms with Crippen LogP contribution < -0.4 is 21.1 Å². The molecule has 2 saturated heterocycles. The molecule has 2 aliphatic rings. The number of piperazine rings is 2.